The van der Waals surface area contributed by atoms with E-state index in [0.717, 1.165) is 51.4 Å². The molecule has 2 saturated heterocycles. The molecule has 1 aromatic rings. The summed E-state index contributed by atoms with van der Waals surface area (Å²) >= 11 is 0. The first-order valence-electron chi connectivity index (χ1n) is 16.2. The van der Waals surface area contributed by atoms with Crippen molar-refractivity contribution in [1.82, 2.24) is 5.06 Å². The lowest BCUT2D eigenvalue weighted by Gasteiger charge is -2.50. The Bertz CT molecular complexity index is 1350. The van der Waals surface area contributed by atoms with Crippen LogP contribution in [0.5, 0.6) is 0 Å². The molecule has 1 aromatic carbocycles. The molecule has 0 aromatic heterocycles. The van der Waals surface area contributed by atoms with E-state index < -0.39 is 0 Å². The fourth-order valence-electron chi connectivity index (χ4n) is 10.5. The van der Waals surface area contributed by atoms with Crippen molar-refractivity contribution in [3.63, 3.8) is 0 Å². The lowest BCUT2D eigenvalue weighted by Crippen LogP contribution is -2.52. The maximum atomic E-state index is 13.1. The van der Waals surface area contributed by atoms with Crippen LogP contribution in [0.25, 0.3) is 0 Å². The third-order valence-electron chi connectivity index (χ3n) is 12.6. The Kier molecular flexibility index (Phi) is 6.89. The van der Waals surface area contributed by atoms with Crippen LogP contribution in [0.4, 0.5) is 0 Å². The number of ketones is 1. The molecule has 6 aliphatic rings. The number of hydrogen-bond acceptors (Lipinski definition) is 6. The van der Waals surface area contributed by atoms with Gasteiger partial charge >= 0.3 is 5.97 Å². The zero-order valence-corrected chi connectivity index (χ0v) is 25.5. The Labute approximate surface area is 249 Å². The average Bonchev–Trinajstić information content (AvgIpc) is 3.43. The van der Waals surface area contributed by atoms with Gasteiger partial charge in [-0.15, -0.1) is 5.06 Å². The Hall–Kier alpha value is -2.57. The van der Waals surface area contributed by atoms with E-state index in [1.807, 2.05) is 35.4 Å². The molecule has 4 fully saturated rings. The average molecular weight is 572 g/mol. The van der Waals surface area contributed by atoms with E-state index in [1.165, 1.54) is 12.0 Å². The highest BCUT2D eigenvalue weighted by molar-refractivity contribution is 6.12. The maximum Gasteiger partial charge on any atom is 0.357 e. The Morgan fingerprint density at radius 2 is 1.90 bits per heavy atom. The predicted octanol–water partition coefficient (Wildman–Crippen LogP) is 6.51. The van der Waals surface area contributed by atoms with Crippen LogP contribution >= 0.6 is 0 Å². The molecule has 2 saturated carbocycles. The summed E-state index contributed by atoms with van der Waals surface area (Å²) in [6.45, 7) is 9.94. The minimum atomic E-state index is -0.295. The molecule has 42 heavy (non-hydrogen) atoms. The fourth-order valence-corrected chi connectivity index (χ4v) is 10.5. The predicted molar refractivity (Wildman–Crippen MR) is 159 cm³/mol. The fraction of sp³-hybridized carbons (Fsp3) is 0.639. The van der Waals surface area contributed by atoms with Crippen LogP contribution in [0, 0.1) is 40.9 Å². The van der Waals surface area contributed by atoms with E-state index in [1.54, 1.807) is 5.57 Å². The van der Waals surface area contributed by atoms with E-state index in [2.05, 4.69) is 33.8 Å². The number of carbonyl (C=O) groups is 3. The Morgan fingerprint density at radius 3 is 2.67 bits per heavy atom. The molecule has 0 radical (unpaired) electrons. The van der Waals surface area contributed by atoms with Gasteiger partial charge in [-0.05, 0) is 99.0 Å². The quantitative estimate of drug-likeness (QED) is 0.234. The van der Waals surface area contributed by atoms with Crippen molar-refractivity contribution in [2.24, 2.45) is 40.9 Å². The van der Waals surface area contributed by atoms with E-state index in [4.69, 9.17) is 9.57 Å². The Morgan fingerprint density at radius 1 is 1.12 bits per heavy atom. The standard InChI is InChI=1S/C36H45NO5/c1-21-14-32-33(37(19-21)42-34(40)24-8-6-5-7-9-24)23(3)36(41-32)13-12-27-28-11-10-26-15-31(39)25(20-38)18-35(26,4)30(28)16-29(27)22(2)17-36/h5-9,18,20-21,23,26-28,30,32-33H,10-17,19H2,1-4H3/t21-,23+,26+,27-,28-,30-,32+,33-,35-,36?/m0/s1. The number of carbonyl (C=O) groups excluding carboxylic acids is 3. The van der Waals surface area contributed by atoms with Gasteiger partial charge in [0, 0.05) is 18.9 Å². The number of piperidine rings is 1. The molecule has 6 heteroatoms. The zero-order valence-electron chi connectivity index (χ0n) is 25.5. The van der Waals surface area contributed by atoms with Crippen molar-refractivity contribution in [3.05, 3.63) is 58.7 Å². The highest BCUT2D eigenvalue weighted by atomic mass is 16.7. The monoisotopic (exact) mass is 571 g/mol. The van der Waals surface area contributed by atoms with Crippen LogP contribution in [0.1, 0.15) is 89.4 Å². The van der Waals surface area contributed by atoms with Crippen molar-refractivity contribution in [1.29, 1.82) is 0 Å². The smallest absolute Gasteiger partial charge is 0.357 e. The van der Waals surface area contributed by atoms with E-state index in [0.29, 0.717) is 47.1 Å². The van der Waals surface area contributed by atoms with E-state index in [-0.39, 0.29) is 40.8 Å². The van der Waals surface area contributed by atoms with Crippen molar-refractivity contribution in [2.45, 2.75) is 96.8 Å². The summed E-state index contributed by atoms with van der Waals surface area (Å²) in [5.74, 6) is 2.32. The first-order valence-corrected chi connectivity index (χ1v) is 16.2. The SMILES string of the molecule is CC1=C2C[C@H]3[C@@H](CC[C@@H]4CC(=O)C(C=O)=C[C@@]43C)[C@@H]2CCC2(C1)O[C@@H]1C[C@H](C)CN(OC(=O)c3ccccc3)[C@H]1[C@H]2C. The van der Waals surface area contributed by atoms with Crippen LogP contribution in [-0.4, -0.2) is 47.4 Å². The zero-order chi connectivity index (χ0) is 29.4. The molecule has 1 spiro atoms. The molecule has 2 aliphatic heterocycles. The molecular weight excluding hydrogens is 526 g/mol. The van der Waals surface area contributed by atoms with Gasteiger partial charge < -0.3 is 9.57 Å². The van der Waals surface area contributed by atoms with Crippen LogP contribution in [0.2, 0.25) is 0 Å². The molecule has 6 nitrogen and oxygen atoms in total. The summed E-state index contributed by atoms with van der Waals surface area (Å²) in [4.78, 5) is 43.5. The minimum Gasteiger partial charge on any atom is -0.369 e. The Balaban J connectivity index is 1.15. The first-order chi connectivity index (χ1) is 20.1. The van der Waals surface area contributed by atoms with Gasteiger partial charge in [0.2, 0.25) is 0 Å². The summed E-state index contributed by atoms with van der Waals surface area (Å²) < 4.78 is 7.14. The number of fused-ring (bicyclic) bond motifs is 6. The van der Waals surface area contributed by atoms with Gasteiger partial charge in [0.05, 0.1) is 28.9 Å². The number of Topliss-reactive ketones (excluding diaryl/α,β-unsaturated/α-hetero) is 1. The molecule has 224 valence electrons. The number of aldehydes is 1. The van der Waals surface area contributed by atoms with Gasteiger partial charge in [-0.25, -0.2) is 4.79 Å². The molecule has 1 unspecified atom stereocenters. The number of hydrogen-bond donors (Lipinski definition) is 0. The van der Waals surface area contributed by atoms with E-state index in [9.17, 15) is 14.4 Å². The highest BCUT2D eigenvalue weighted by Gasteiger charge is 2.60. The van der Waals surface area contributed by atoms with Crippen LogP contribution in [-0.2, 0) is 19.2 Å². The van der Waals surface area contributed by atoms with Crippen LogP contribution < -0.4 is 0 Å². The third kappa shape index (κ3) is 4.30. The second kappa shape index (κ2) is 10.3. The summed E-state index contributed by atoms with van der Waals surface area (Å²) in [5.41, 5.74) is 3.73. The highest BCUT2D eigenvalue weighted by Crippen LogP contribution is 2.64. The lowest BCUT2D eigenvalue weighted by molar-refractivity contribution is -0.182. The minimum absolute atomic E-state index is 0.0297. The van der Waals surface area contributed by atoms with E-state index >= 15 is 0 Å². The topological polar surface area (TPSA) is 72.9 Å². The number of allylic oxidation sites excluding steroid dienone is 3. The first kappa shape index (κ1) is 28.2. The number of rotatable bonds is 3. The molecule has 10 atom stereocenters. The molecule has 0 bridgehead atoms. The molecule has 2 heterocycles. The number of ether oxygens (including phenoxy) is 1. The summed E-state index contributed by atoms with van der Waals surface area (Å²) in [7, 11) is 0. The molecule has 0 amide bonds. The normalized spacial score (nSPS) is 43.1. The van der Waals surface area contributed by atoms with Gasteiger partial charge in [-0.3, -0.25) is 9.59 Å². The molecule has 4 aliphatic carbocycles. The van der Waals surface area contributed by atoms with Gasteiger partial charge in [-0.1, -0.05) is 56.2 Å². The van der Waals surface area contributed by atoms with Crippen molar-refractivity contribution < 1.29 is 24.0 Å². The van der Waals surface area contributed by atoms with Gasteiger partial charge in [0.25, 0.3) is 0 Å². The largest absolute Gasteiger partial charge is 0.369 e. The van der Waals surface area contributed by atoms with Crippen LogP contribution in [0.3, 0.4) is 0 Å². The molecule has 0 N–H and O–H groups in total. The van der Waals surface area contributed by atoms with Crippen molar-refractivity contribution in [3.8, 4) is 0 Å². The summed E-state index contributed by atoms with van der Waals surface area (Å²) in [6, 6.07) is 9.33. The second-order valence-electron chi connectivity index (χ2n) is 14.8. The maximum absolute atomic E-state index is 13.1. The number of nitrogens with zero attached hydrogens (tertiary/aromatic N) is 1. The number of benzene rings is 1. The summed E-state index contributed by atoms with van der Waals surface area (Å²) in [5, 5.41) is 1.96. The van der Waals surface area contributed by atoms with Gasteiger partial charge in [-0.2, -0.15) is 0 Å². The van der Waals surface area contributed by atoms with Crippen molar-refractivity contribution >= 4 is 18.0 Å². The molecular formula is C36H45NO5. The lowest BCUT2D eigenvalue weighted by atomic mass is 9.53. The van der Waals surface area contributed by atoms with Gasteiger partial charge in [0.15, 0.2) is 12.1 Å². The second-order valence-corrected chi connectivity index (χ2v) is 14.8. The van der Waals surface area contributed by atoms with Gasteiger partial charge in [0.1, 0.15) is 0 Å². The third-order valence-corrected chi connectivity index (χ3v) is 12.6. The summed E-state index contributed by atoms with van der Waals surface area (Å²) in [6.07, 6.45) is 10.8. The van der Waals surface area contributed by atoms with Crippen molar-refractivity contribution in [2.75, 3.05) is 6.54 Å². The van der Waals surface area contributed by atoms with Crippen LogP contribution in [0.15, 0.2) is 53.1 Å². The number of hydroxylamine groups is 2. The molecule has 7 rings (SSSR count).